The topological polar surface area (TPSA) is 63.4 Å². The van der Waals surface area contributed by atoms with E-state index < -0.39 is 0 Å². The largest absolute Gasteiger partial charge is 0.487 e. The first kappa shape index (κ1) is 13.4. The van der Waals surface area contributed by atoms with Crippen LogP contribution in [-0.2, 0) is 0 Å². The highest BCUT2D eigenvalue weighted by atomic mass is 32.1. The first-order chi connectivity index (χ1) is 8.70. The van der Waals surface area contributed by atoms with Gasteiger partial charge >= 0.3 is 0 Å². The highest BCUT2D eigenvalue weighted by molar-refractivity contribution is 7.11. The van der Waals surface area contributed by atoms with Gasteiger partial charge < -0.3 is 20.7 Å². The fraction of sp³-hybridized carbons (Fsp3) is 0.750. The van der Waals surface area contributed by atoms with E-state index in [-0.39, 0.29) is 0 Å². The Bertz CT molecular complexity index is 382. The first-order valence-electron chi connectivity index (χ1n) is 6.51. The van der Waals surface area contributed by atoms with Gasteiger partial charge in [0.25, 0.3) is 0 Å². The molecular formula is C12H22N4OS. The lowest BCUT2D eigenvalue weighted by Crippen LogP contribution is -2.35. The normalized spacial score (nSPS) is 20.9. The number of nitrogen functional groups attached to an aromatic ring is 1. The molecule has 5 nitrogen and oxygen atoms in total. The number of nitrogens with one attached hydrogen (secondary N) is 1. The molecule has 1 fully saturated rings. The number of nitrogens with zero attached hydrogens (tertiary/aromatic N) is 2. The van der Waals surface area contributed by atoms with Crippen molar-refractivity contribution >= 4 is 22.4 Å². The maximum absolute atomic E-state index is 5.78. The number of aromatic nitrogens is 1. The van der Waals surface area contributed by atoms with Gasteiger partial charge in [-0.3, -0.25) is 0 Å². The molecule has 6 heteroatoms. The lowest BCUT2D eigenvalue weighted by Gasteiger charge is -2.29. The van der Waals surface area contributed by atoms with Crippen molar-refractivity contribution in [2.24, 2.45) is 5.92 Å². The molecular weight excluding hydrogens is 248 g/mol. The van der Waals surface area contributed by atoms with E-state index in [0.29, 0.717) is 24.1 Å². The molecule has 2 rings (SSSR count). The number of rotatable bonds is 5. The van der Waals surface area contributed by atoms with Gasteiger partial charge in [0.1, 0.15) is 0 Å². The van der Waals surface area contributed by atoms with E-state index in [4.69, 9.17) is 10.5 Å². The van der Waals surface area contributed by atoms with Crippen LogP contribution in [0.4, 0.5) is 10.8 Å². The van der Waals surface area contributed by atoms with E-state index >= 15 is 0 Å². The number of nitrogens with two attached hydrogens (primary N) is 1. The smallest absolute Gasteiger partial charge is 0.197 e. The molecule has 0 bridgehead atoms. The third-order valence-electron chi connectivity index (χ3n) is 3.24. The van der Waals surface area contributed by atoms with E-state index in [0.717, 1.165) is 18.1 Å². The second-order valence-corrected chi connectivity index (χ2v) is 5.58. The summed E-state index contributed by atoms with van der Waals surface area (Å²) in [6.07, 6.45) is 2.57. The Balaban J connectivity index is 1.89. The number of piperidine rings is 1. The molecule has 1 aromatic rings. The van der Waals surface area contributed by atoms with Crippen LogP contribution in [0.5, 0.6) is 5.75 Å². The Morgan fingerprint density at radius 1 is 1.61 bits per heavy atom. The van der Waals surface area contributed by atoms with Crippen molar-refractivity contribution in [3.63, 3.8) is 0 Å². The third kappa shape index (κ3) is 3.26. The molecule has 1 atom stereocenters. The Morgan fingerprint density at radius 2 is 2.44 bits per heavy atom. The predicted molar refractivity (Wildman–Crippen MR) is 76.4 cm³/mol. The minimum atomic E-state index is 0.491. The van der Waals surface area contributed by atoms with Crippen LogP contribution in [0.3, 0.4) is 0 Å². The van der Waals surface area contributed by atoms with E-state index in [1.165, 1.54) is 30.9 Å². The van der Waals surface area contributed by atoms with E-state index in [1.807, 2.05) is 6.92 Å². The average Bonchev–Trinajstić information content (AvgIpc) is 2.69. The van der Waals surface area contributed by atoms with Crippen LogP contribution in [-0.4, -0.2) is 42.6 Å². The predicted octanol–water partition coefficient (Wildman–Crippen LogP) is 1.88. The van der Waals surface area contributed by atoms with E-state index in [2.05, 4.69) is 21.6 Å². The molecule has 0 aromatic carbocycles. The van der Waals surface area contributed by atoms with Crippen LogP contribution in [0.1, 0.15) is 19.8 Å². The number of hydrogen-bond acceptors (Lipinski definition) is 6. The van der Waals surface area contributed by atoms with Gasteiger partial charge in [0, 0.05) is 13.1 Å². The van der Waals surface area contributed by atoms with Gasteiger partial charge in [0.2, 0.25) is 0 Å². The van der Waals surface area contributed by atoms with Crippen molar-refractivity contribution in [2.45, 2.75) is 19.8 Å². The molecule has 0 spiro atoms. The zero-order chi connectivity index (χ0) is 13.0. The van der Waals surface area contributed by atoms with Gasteiger partial charge in [-0.2, -0.15) is 4.37 Å². The Kier molecular flexibility index (Phi) is 4.66. The lowest BCUT2D eigenvalue weighted by atomic mass is 9.99. The summed E-state index contributed by atoms with van der Waals surface area (Å²) in [6.45, 7) is 5.91. The number of hydrogen-bond donors (Lipinski definition) is 2. The van der Waals surface area contributed by atoms with Gasteiger partial charge in [0.15, 0.2) is 16.6 Å². The monoisotopic (exact) mass is 270 g/mol. The van der Waals surface area contributed by atoms with Crippen LogP contribution in [0.15, 0.2) is 0 Å². The van der Waals surface area contributed by atoms with Crippen molar-refractivity contribution in [3.8, 4) is 5.75 Å². The maximum atomic E-state index is 5.78. The molecule has 0 amide bonds. The van der Waals surface area contributed by atoms with Crippen molar-refractivity contribution < 1.29 is 4.74 Å². The molecule has 0 aliphatic carbocycles. The zero-order valence-corrected chi connectivity index (χ0v) is 11.9. The quantitative estimate of drug-likeness (QED) is 0.855. The van der Waals surface area contributed by atoms with Crippen LogP contribution in [0.25, 0.3) is 0 Å². The highest BCUT2D eigenvalue weighted by Crippen LogP contribution is 2.35. The average molecular weight is 270 g/mol. The summed E-state index contributed by atoms with van der Waals surface area (Å²) in [5.41, 5.74) is 5.78. The Hall–Kier alpha value is -1.01. The standard InChI is InChI=1S/C12H22N4OS/c1-3-17-10-11(13)15-18-12(10)14-7-9-5-4-6-16(2)8-9/h9,14H,3-8H2,1-2H3,(H2,13,15). The summed E-state index contributed by atoms with van der Waals surface area (Å²) in [4.78, 5) is 2.39. The summed E-state index contributed by atoms with van der Waals surface area (Å²) in [7, 11) is 2.18. The molecule has 0 radical (unpaired) electrons. The molecule has 1 unspecified atom stereocenters. The fourth-order valence-electron chi connectivity index (χ4n) is 2.37. The molecule has 0 saturated carbocycles. The van der Waals surface area contributed by atoms with Crippen LogP contribution in [0, 0.1) is 5.92 Å². The zero-order valence-electron chi connectivity index (χ0n) is 11.1. The minimum Gasteiger partial charge on any atom is -0.487 e. The molecule has 1 aliphatic heterocycles. The molecule has 18 heavy (non-hydrogen) atoms. The molecule has 1 aliphatic rings. The molecule has 1 aromatic heterocycles. The summed E-state index contributed by atoms with van der Waals surface area (Å²) in [5.74, 6) is 1.90. The first-order valence-corrected chi connectivity index (χ1v) is 7.28. The second kappa shape index (κ2) is 6.24. The van der Waals surface area contributed by atoms with Crippen molar-refractivity contribution in [1.29, 1.82) is 0 Å². The summed E-state index contributed by atoms with van der Waals surface area (Å²) < 4.78 is 9.65. The molecule has 2 heterocycles. The fourth-order valence-corrected chi connectivity index (χ4v) is 3.03. The van der Waals surface area contributed by atoms with Gasteiger partial charge in [-0.1, -0.05) is 0 Å². The van der Waals surface area contributed by atoms with Gasteiger partial charge in [-0.25, -0.2) is 0 Å². The summed E-state index contributed by atoms with van der Waals surface area (Å²) >= 11 is 1.38. The summed E-state index contributed by atoms with van der Waals surface area (Å²) in [5, 5.41) is 4.39. The van der Waals surface area contributed by atoms with E-state index in [1.54, 1.807) is 0 Å². The minimum absolute atomic E-state index is 0.491. The SMILES string of the molecule is CCOc1c(N)nsc1NCC1CCCN(C)C1. The van der Waals surface area contributed by atoms with Gasteiger partial charge in [0.05, 0.1) is 6.61 Å². The lowest BCUT2D eigenvalue weighted by molar-refractivity contribution is 0.217. The number of ether oxygens (including phenoxy) is 1. The number of anilines is 2. The van der Waals surface area contributed by atoms with Crippen LogP contribution >= 0.6 is 11.5 Å². The molecule has 3 N–H and O–H groups in total. The van der Waals surface area contributed by atoms with Crippen molar-refractivity contribution in [2.75, 3.05) is 44.3 Å². The van der Waals surface area contributed by atoms with E-state index in [9.17, 15) is 0 Å². The molecule has 102 valence electrons. The van der Waals surface area contributed by atoms with Crippen molar-refractivity contribution in [1.82, 2.24) is 9.27 Å². The Labute approximate surface area is 112 Å². The molecule has 1 saturated heterocycles. The van der Waals surface area contributed by atoms with Crippen molar-refractivity contribution in [3.05, 3.63) is 0 Å². The van der Waals surface area contributed by atoms with Crippen LogP contribution < -0.4 is 15.8 Å². The van der Waals surface area contributed by atoms with Gasteiger partial charge in [-0.05, 0) is 50.8 Å². The van der Waals surface area contributed by atoms with Gasteiger partial charge in [-0.15, -0.1) is 0 Å². The second-order valence-electron chi connectivity index (χ2n) is 4.81. The highest BCUT2D eigenvalue weighted by Gasteiger charge is 2.19. The third-order valence-corrected chi connectivity index (χ3v) is 4.04. The summed E-state index contributed by atoms with van der Waals surface area (Å²) in [6, 6.07) is 0. The van der Waals surface area contributed by atoms with Crippen LogP contribution in [0.2, 0.25) is 0 Å². The maximum Gasteiger partial charge on any atom is 0.197 e. The Morgan fingerprint density at radius 3 is 3.17 bits per heavy atom. The number of likely N-dealkylation sites (tertiary alicyclic amines) is 1.